The molecule has 0 aliphatic rings. The van der Waals surface area contributed by atoms with Crippen molar-refractivity contribution in [2.24, 2.45) is 7.05 Å². The fraction of sp³-hybridized carbons (Fsp3) is 0.750. The Labute approximate surface area is 103 Å². The molecule has 0 bridgehead atoms. The Balaban J connectivity index is 2.41. The molecule has 92 valence electrons. The third-order valence-corrected chi connectivity index (χ3v) is 3.48. The Morgan fingerprint density at radius 1 is 1.50 bits per heavy atom. The Kier molecular flexibility index (Phi) is 6.57. The van der Waals surface area contributed by atoms with E-state index in [1.807, 2.05) is 29.7 Å². The number of nitrogens with zero attached hydrogens (tertiary/aromatic N) is 2. The van der Waals surface area contributed by atoms with E-state index in [0.29, 0.717) is 6.04 Å². The van der Waals surface area contributed by atoms with Gasteiger partial charge in [-0.3, -0.25) is 4.68 Å². The van der Waals surface area contributed by atoms with Crippen molar-refractivity contribution >= 4 is 11.8 Å². The minimum atomic E-state index is 0.555. The summed E-state index contributed by atoms with van der Waals surface area (Å²) in [6.07, 6.45) is 4.24. The van der Waals surface area contributed by atoms with Gasteiger partial charge >= 0.3 is 0 Å². The van der Waals surface area contributed by atoms with Gasteiger partial charge in [-0.1, -0.05) is 13.8 Å². The number of aromatic nitrogens is 2. The molecule has 1 heterocycles. The van der Waals surface area contributed by atoms with Gasteiger partial charge in [0.1, 0.15) is 0 Å². The van der Waals surface area contributed by atoms with Crippen molar-refractivity contribution in [1.29, 1.82) is 0 Å². The van der Waals surface area contributed by atoms with Gasteiger partial charge in [0.2, 0.25) is 0 Å². The molecule has 0 aliphatic heterocycles. The first kappa shape index (κ1) is 13.6. The van der Waals surface area contributed by atoms with E-state index in [9.17, 15) is 0 Å². The average Bonchev–Trinajstić information content (AvgIpc) is 2.68. The second-order valence-electron chi connectivity index (χ2n) is 4.00. The number of hydrogen-bond donors (Lipinski definition) is 1. The Bertz CT molecular complexity index is 278. The molecule has 16 heavy (non-hydrogen) atoms. The topological polar surface area (TPSA) is 29.9 Å². The van der Waals surface area contributed by atoms with Gasteiger partial charge in [-0.15, -0.1) is 0 Å². The summed E-state index contributed by atoms with van der Waals surface area (Å²) in [4.78, 5) is 0. The van der Waals surface area contributed by atoms with Gasteiger partial charge in [-0.2, -0.15) is 16.9 Å². The summed E-state index contributed by atoms with van der Waals surface area (Å²) < 4.78 is 1.87. The number of rotatable bonds is 8. The molecule has 1 N–H and O–H groups in total. The first-order chi connectivity index (χ1) is 7.76. The molecule has 1 unspecified atom stereocenters. The molecule has 0 fully saturated rings. The first-order valence-corrected chi connectivity index (χ1v) is 7.21. The summed E-state index contributed by atoms with van der Waals surface area (Å²) in [7, 11) is 1.97. The summed E-state index contributed by atoms with van der Waals surface area (Å²) in [5.74, 6) is 2.36. The minimum absolute atomic E-state index is 0.555. The zero-order chi connectivity index (χ0) is 11.8. The maximum Gasteiger partial charge on any atom is 0.0640 e. The van der Waals surface area contributed by atoms with Crippen molar-refractivity contribution < 1.29 is 0 Å². The van der Waals surface area contributed by atoms with Gasteiger partial charge in [-0.25, -0.2) is 0 Å². The molecule has 0 aromatic carbocycles. The molecular formula is C12H23N3S. The third-order valence-electron chi connectivity index (χ3n) is 2.43. The van der Waals surface area contributed by atoms with Gasteiger partial charge in [0.05, 0.1) is 5.69 Å². The largest absolute Gasteiger partial charge is 0.313 e. The van der Waals surface area contributed by atoms with Crippen LogP contribution in [0.3, 0.4) is 0 Å². The number of nitrogens with one attached hydrogen (secondary N) is 1. The predicted molar refractivity (Wildman–Crippen MR) is 72.0 cm³/mol. The summed E-state index contributed by atoms with van der Waals surface area (Å²) in [5.41, 5.74) is 1.19. The van der Waals surface area contributed by atoms with Crippen molar-refractivity contribution in [2.45, 2.75) is 32.7 Å². The van der Waals surface area contributed by atoms with E-state index in [-0.39, 0.29) is 0 Å². The fourth-order valence-corrected chi connectivity index (χ4v) is 2.38. The monoisotopic (exact) mass is 241 g/mol. The molecule has 1 aromatic heterocycles. The lowest BCUT2D eigenvalue weighted by molar-refractivity contribution is 0.541. The van der Waals surface area contributed by atoms with Gasteiger partial charge < -0.3 is 5.32 Å². The predicted octanol–water partition coefficient (Wildman–Crippen LogP) is 2.08. The zero-order valence-electron chi connectivity index (χ0n) is 10.6. The molecule has 3 nitrogen and oxygen atoms in total. The molecule has 0 spiro atoms. The molecule has 0 saturated heterocycles. The van der Waals surface area contributed by atoms with Gasteiger partial charge in [0.15, 0.2) is 0 Å². The van der Waals surface area contributed by atoms with Crippen LogP contribution in [0, 0.1) is 0 Å². The van der Waals surface area contributed by atoms with Crippen LogP contribution in [0.25, 0.3) is 0 Å². The van der Waals surface area contributed by atoms with Gasteiger partial charge in [-0.05, 0) is 24.8 Å². The lowest BCUT2D eigenvalue weighted by Gasteiger charge is -2.16. The van der Waals surface area contributed by atoms with Crippen LogP contribution in [0.15, 0.2) is 12.3 Å². The van der Waals surface area contributed by atoms with Crippen LogP contribution < -0.4 is 5.32 Å². The van der Waals surface area contributed by atoms with E-state index in [0.717, 1.165) is 13.0 Å². The van der Waals surface area contributed by atoms with Crippen molar-refractivity contribution in [1.82, 2.24) is 15.1 Å². The van der Waals surface area contributed by atoms with Crippen molar-refractivity contribution in [2.75, 3.05) is 18.1 Å². The highest BCUT2D eigenvalue weighted by Gasteiger charge is 2.10. The van der Waals surface area contributed by atoms with E-state index < -0.39 is 0 Å². The molecule has 4 heteroatoms. The minimum Gasteiger partial charge on any atom is -0.313 e. The molecule has 1 atom stereocenters. The maximum absolute atomic E-state index is 4.43. The zero-order valence-corrected chi connectivity index (χ0v) is 11.4. The standard InChI is InChI=1S/C12H23N3S/c1-4-7-13-12(10-16-5-2)9-11-6-8-15(3)14-11/h6,8,12-13H,4-5,7,9-10H2,1-3H3. The average molecular weight is 241 g/mol. The third kappa shape index (κ3) is 5.03. The normalized spacial score (nSPS) is 12.9. The second-order valence-corrected chi connectivity index (χ2v) is 5.31. The highest BCUT2D eigenvalue weighted by molar-refractivity contribution is 7.99. The van der Waals surface area contributed by atoms with E-state index in [4.69, 9.17) is 0 Å². The lowest BCUT2D eigenvalue weighted by Crippen LogP contribution is -2.34. The fourth-order valence-electron chi connectivity index (χ4n) is 1.62. The van der Waals surface area contributed by atoms with Crippen LogP contribution in [0.4, 0.5) is 0 Å². The van der Waals surface area contributed by atoms with Crippen LogP contribution in [-0.4, -0.2) is 33.9 Å². The number of hydrogen-bond acceptors (Lipinski definition) is 3. The molecule has 1 rings (SSSR count). The Morgan fingerprint density at radius 3 is 2.88 bits per heavy atom. The van der Waals surface area contributed by atoms with Gasteiger partial charge in [0.25, 0.3) is 0 Å². The van der Waals surface area contributed by atoms with Gasteiger partial charge in [0, 0.05) is 31.5 Å². The quantitative estimate of drug-likeness (QED) is 0.756. The molecular weight excluding hydrogens is 218 g/mol. The summed E-state index contributed by atoms with van der Waals surface area (Å²) in [6.45, 7) is 5.52. The summed E-state index contributed by atoms with van der Waals surface area (Å²) >= 11 is 2.00. The van der Waals surface area contributed by atoms with Crippen LogP contribution in [-0.2, 0) is 13.5 Å². The SMILES string of the molecule is CCCNC(CSCC)Cc1ccn(C)n1. The Morgan fingerprint density at radius 2 is 2.31 bits per heavy atom. The molecule has 0 amide bonds. The van der Waals surface area contributed by atoms with Crippen molar-refractivity contribution in [3.63, 3.8) is 0 Å². The lowest BCUT2D eigenvalue weighted by atomic mass is 10.2. The summed E-state index contributed by atoms with van der Waals surface area (Å²) in [5, 5.41) is 8.03. The number of aryl methyl sites for hydroxylation is 1. The van der Waals surface area contributed by atoms with E-state index in [1.165, 1.54) is 23.6 Å². The van der Waals surface area contributed by atoms with E-state index in [1.54, 1.807) is 0 Å². The van der Waals surface area contributed by atoms with Crippen LogP contribution in [0.2, 0.25) is 0 Å². The first-order valence-electron chi connectivity index (χ1n) is 6.05. The van der Waals surface area contributed by atoms with Crippen molar-refractivity contribution in [3.05, 3.63) is 18.0 Å². The number of thioether (sulfide) groups is 1. The van der Waals surface area contributed by atoms with Crippen LogP contribution in [0.5, 0.6) is 0 Å². The molecule has 1 aromatic rings. The second kappa shape index (κ2) is 7.74. The molecule has 0 radical (unpaired) electrons. The highest BCUT2D eigenvalue weighted by atomic mass is 32.2. The van der Waals surface area contributed by atoms with Crippen molar-refractivity contribution in [3.8, 4) is 0 Å². The van der Waals surface area contributed by atoms with Crippen LogP contribution >= 0.6 is 11.8 Å². The molecule has 0 saturated carbocycles. The highest BCUT2D eigenvalue weighted by Crippen LogP contribution is 2.07. The summed E-state index contributed by atoms with van der Waals surface area (Å²) in [6, 6.07) is 2.66. The Hall–Kier alpha value is -0.480. The smallest absolute Gasteiger partial charge is 0.0640 e. The molecule has 0 aliphatic carbocycles. The maximum atomic E-state index is 4.43. The van der Waals surface area contributed by atoms with Crippen LogP contribution in [0.1, 0.15) is 26.0 Å². The van der Waals surface area contributed by atoms with E-state index in [2.05, 4.69) is 30.3 Å². The van der Waals surface area contributed by atoms with E-state index >= 15 is 0 Å².